The Bertz CT molecular complexity index is 1120. The summed E-state index contributed by atoms with van der Waals surface area (Å²) in [5.41, 5.74) is -0.351. The van der Waals surface area contributed by atoms with Crippen LogP contribution in [0, 0.1) is 17.0 Å². The number of non-ortho nitro benzene ring substituents is 1. The molecule has 0 bridgehead atoms. The second-order valence-corrected chi connectivity index (χ2v) is 7.49. The first-order chi connectivity index (χ1) is 16.1. The first kappa shape index (κ1) is 26.3. The highest BCUT2D eigenvalue weighted by Gasteiger charge is 2.28. The lowest BCUT2D eigenvalue weighted by Crippen LogP contribution is -2.22. The van der Waals surface area contributed by atoms with Gasteiger partial charge in [-0.3, -0.25) is 14.9 Å². The molecule has 1 amide bonds. The molecule has 0 radical (unpaired) electrons. The van der Waals surface area contributed by atoms with Crippen LogP contribution in [0.25, 0.3) is 0 Å². The number of carbonyl (C=O) groups excluding carboxylic acids is 4. The first-order valence-corrected chi connectivity index (χ1v) is 10.7. The van der Waals surface area contributed by atoms with Crippen LogP contribution in [-0.4, -0.2) is 55.7 Å². The van der Waals surface area contributed by atoms with Gasteiger partial charge >= 0.3 is 17.9 Å². The summed E-state index contributed by atoms with van der Waals surface area (Å²) in [6.07, 6.45) is 0. The van der Waals surface area contributed by atoms with Crippen LogP contribution >= 0.6 is 11.3 Å². The van der Waals surface area contributed by atoms with Crippen molar-refractivity contribution in [1.82, 2.24) is 0 Å². The predicted octanol–water partition coefficient (Wildman–Crippen LogP) is 3.12. The third kappa shape index (κ3) is 6.07. The van der Waals surface area contributed by atoms with Gasteiger partial charge in [0.15, 0.2) is 6.61 Å². The van der Waals surface area contributed by atoms with Crippen molar-refractivity contribution >= 4 is 45.8 Å². The SMILES string of the molecule is CCOC(=O)c1sc(NC(=O)COC(=O)c2cc([N+](=O)[O-])ccc2OC)c(C(=O)OCC)c1C. The van der Waals surface area contributed by atoms with Gasteiger partial charge in [0.05, 0.1) is 30.8 Å². The van der Waals surface area contributed by atoms with E-state index in [2.05, 4.69) is 5.32 Å². The molecule has 0 fully saturated rings. The van der Waals surface area contributed by atoms with Crippen LogP contribution in [0.5, 0.6) is 5.75 Å². The minimum absolute atomic E-state index is 0.0186. The van der Waals surface area contributed by atoms with Crippen molar-refractivity contribution in [2.45, 2.75) is 20.8 Å². The van der Waals surface area contributed by atoms with Gasteiger partial charge in [0.2, 0.25) is 0 Å². The van der Waals surface area contributed by atoms with Gasteiger partial charge in [-0.2, -0.15) is 0 Å². The van der Waals surface area contributed by atoms with E-state index in [-0.39, 0.29) is 51.2 Å². The Balaban J connectivity index is 2.21. The zero-order valence-corrected chi connectivity index (χ0v) is 19.6. The molecular formula is C21H22N2O10S. The number of ether oxygens (including phenoxy) is 4. The highest BCUT2D eigenvalue weighted by molar-refractivity contribution is 7.18. The number of hydrogen-bond donors (Lipinski definition) is 1. The summed E-state index contributed by atoms with van der Waals surface area (Å²) in [4.78, 5) is 59.8. The smallest absolute Gasteiger partial charge is 0.348 e. The molecule has 0 atom stereocenters. The highest BCUT2D eigenvalue weighted by atomic mass is 32.1. The molecule has 0 saturated heterocycles. The Kier molecular flexibility index (Phi) is 9.07. The van der Waals surface area contributed by atoms with Gasteiger partial charge in [-0.05, 0) is 32.4 Å². The van der Waals surface area contributed by atoms with Crippen molar-refractivity contribution in [3.63, 3.8) is 0 Å². The number of nitrogens with zero attached hydrogens (tertiary/aromatic N) is 1. The Morgan fingerprint density at radius 1 is 1.03 bits per heavy atom. The van der Waals surface area contributed by atoms with Gasteiger partial charge < -0.3 is 24.3 Å². The molecule has 0 unspecified atom stereocenters. The van der Waals surface area contributed by atoms with Crippen molar-refractivity contribution in [3.05, 3.63) is 49.9 Å². The topological polar surface area (TPSA) is 160 Å². The van der Waals surface area contributed by atoms with E-state index in [1.54, 1.807) is 13.8 Å². The number of rotatable bonds is 10. The van der Waals surface area contributed by atoms with Crippen molar-refractivity contribution < 1.29 is 43.0 Å². The standard InChI is InChI=1S/C21H22N2O10S/c1-5-31-20(26)16-11(3)17(21(27)32-6-2)34-18(16)22-15(24)10-33-19(25)13-9-12(23(28)29)7-8-14(13)30-4/h7-9H,5-6,10H2,1-4H3,(H,22,24). The number of esters is 3. The third-order valence-corrected chi connectivity index (χ3v) is 5.48. The first-order valence-electron chi connectivity index (χ1n) is 9.91. The van der Waals surface area contributed by atoms with Crippen molar-refractivity contribution in [2.24, 2.45) is 0 Å². The molecule has 12 nitrogen and oxygen atoms in total. The number of nitro benzene ring substituents is 1. The summed E-state index contributed by atoms with van der Waals surface area (Å²) in [5, 5.41) is 13.4. The molecule has 0 aliphatic rings. The number of benzene rings is 1. The molecule has 2 aromatic rings. The molecule has 1 heterocycles. The summed E-state index contributed by atoms with van der Waals surface area (Å²) in [6.45, 7) is 4.15. The zero-order chi connectivity index (χ0) is 25.4. The van der Waals surface area contributed by atoms with E-state index in [9.17, 15) is 29.3 Å². The molecule has 1 aromatic heterocycles. The lowest BCUT2D eigenvalue weighted by molar-refractivity contribution is -0.384. The lowest BCUT2D eigenvalue weighted by atomic mass is 10.1. The van der Waals surface area contributed by atoms with Crippen molar-refractivity contribution in [3.8, 4) is 5.75 Å². The number of nitrogens with one attached hydrogen (secondary N) is 1. The Morgan fingerprint density at radius 2 is 1.68 bits per heavy atom. The highest BCUT2D eigenvalue weighted by Crippen LogP contribution is 2.34. The molecule has 34 heavy (non-hydrogen) atoms. The van der Waals surface area contributed by atoms with Gasteiger partial charge in [0.1, 0.15) is 21.2 Å². The predicted molar refractivity (Wildman–Crippen MR) is 120 cm³/mol. The lowest BCUT2D eigenvalue weighted by Gasteiger charge is -2.09. The minimum Gasteiger partial charge on any atom is -0.496 e. The average molecular weight is 494 g/mol. The largest absolute Gasteiger partial charge is 0.496 e. The van der Waals surface area contributed by atoms with Gasteiger partial charge in [0.25, 0.3) is 11.6 Å². The number of carbonyl (C=O) groups is 4. The summed E-state index contributed by atoms with van der Waals surface area (Å²) in [6, 6.07) is 3.34. The van der Waals surface area contributed by atoms with Crippen molar-refractivity contribution in [1.29, 1.82) is 0 Å². The fourth-order valence-corrected chi connectivity index (χ4v) is 3.89. The Hall–Kier alpha value is -4.00. The van der Waals surface area contributed by atoms with Crippen LogP contribution in [0.2, 0.25) is 0 Å². The number of hydrogen-bond acceptors (Lipinski definition) is 11. The van der Waals surface area contributed by atoms with E-state index >= 15 is 0 Å². The quantitative estimate of drug-likeness (QED) is 0.225. The van der Waals surface area contributed by atoms with Gasteiger partial charge in [-0.15, -0.1) is 11.3 Å². The monoisotopic (exact) mass is 494 g/mol. The number of anilines is 1. The molecule has 0 aliphatic heterocycles. The summed E-state index contributed by atoms with van der Waals surface area (Å²) < 4.78 is 19.9. The molecule has 1 aromatic carbocycles. The second kappa shape index (κ2) is 11.7. The summed E-state index contributed by atoms with van der Waals surface area (Å²) >= 11 is 0.816. The van der Waals surface area contributed by atoms with Crippen LogP contribution in [-0.2, 0) is 19.0 Å². The molecule has 0 saturated carbocycles. The van der Waals surface area contributed by atoms with Crippen LogP contribution in [0.1, 0.15) is 49.8 Å². The normalized spacial score (nSPS) is 10.2. The molecule has 1 N–H and O–H groups in total. The second-order valence-electron chi connectivity index (χ2n) is 6.47. The fourth-order valence-electron chi connectivity index (χ4n) is 2.78. The molecule has 13 heteroatoms. The van der Waals surface area contributed by atoms with Crippen LogP contribution in [0.4, 0.5) is 10.7 Å². The van der Waals surface area contributed by atoms with Crippen molar-refractivity contribution in [2.75, 3.05) is 32.2 Å². The molecule has 182 valence electrons. The van der Waals surface area contributed by atoms with E-state index < -0.39 is 35.3 Å². The van der Waals surface area contributed by atoms with Gasteiger partial charge in [-0.1, -0.05) is 0 Å². The number of amides is 1. The Morgan fingerprint density at radius 3 is 2.26 bits per heavy atom. The maximum Gasteiger partial charge on any atom is 0.348 e. The molecule has 2 rings (SSSR count). The maximum atomic E-state index is 12.4. The summed E-state index contributed by atoms with van der Waals surface area (Å²) in [5.74, 6) is -3.25. The molecule has 0 aliphatic carbocycles. The average Bonchev–Trinajstić information content (AvgIpc) is 3.12. The molecular weight excluding hydrogens is 472 g/mol. The van der Waals surface area contributed by atoms with Crippen LogP contribution in [0.3, 0.4) is 0 Å². The van der Waals surface area contributed by atoms with Gasteiger partial charge in [-0.25, -0.2) is 14.4 Å². The zero-order valence-electron chi connectivity index (χ0n) is 18.8. The van der Waals surface area contributed by atoms with E-state index in [0.29, 0.717) is 0 Å². The van der Waals surface area contributed by atoms with Crippen LogP contribution in [0.15, 0.2) is 18.2 Å². The number of thiophene rings is 1. The number of methoxy groups -OCH3 is 1. The van der Waals surface area contributed by atoms with E-state index in [1.165, 1.54) is 20.1 Å². The van der Waals surface area contributed by atoms with E-state index in [1.807, 2.05) is 0 Å². The maximum absolute atomic E-state index is 12.4. The number of nitro groups is 1. The van der Waals surface area contributed by atoms with Gasteiger partial charge in [0, 0.05) is 12.1 Å². The third-order valence-electron chi connectivity index (χ3n) is 4.29. The fraction of sp³-hybridized carbons (Fsp3) is 0.333. The van der Waals surface area contributed by atoms with E-state index in [4.69, 9.17) is 18.9 Å². The van der Waals surface area contributed by atoms with Crippen LogP contribution < -0.4 is 10.1 Å². The van der Waals surface area contributed by atoms with E-state index in [0.717, 1.165) is 23.5 Å². The Labute approximate surface area is 197 Å². The summed E-state index contributed by atoms with van der Waals surface area (Å²) in [7, 11) is 1.27. The molecule has 0 spiro atoms. The minimum atomic E-state index is -1.03.